The molecule has 0 saturated carbocycles. The minimum absolute atomic E-state index is 0.0922. The number of ether oxygens (including phenoxy) is 1. The molecule has 0 atom stereocenters. The molecule has 148 valence electrons. The highest BCUT2D eigenvalue weighted by molar-refractivity contribution is 6.06. The van der Waals surface area contributed by atoms with E-state index in [1.807, 2.05) is 18.2 Å². The van der Waals surface area contributed by atoms with Crippen LogP contribution in [0, 0.1) is 0 Å². The van der Waals surface area contributed by atoms with Crippen molar-refractivity contribution < 1.29 is 23.1 Å². The summed E-state index contributed by atoms with van der Waals surface area (Å²) in [7, 11) is 0. The van der Waals surface area contributed by atoms with Gasteiger partial charge in [-0.25, -0.2) is 0 Å². The molecule has 0 unspecified atom stereocenters. The summed E-state index contributed by atoms with van der Waals surface area (Å²) in [6.07, 6.45) is 0.875. The van der Waals surface area contributed by atoms with Crippen molar-refractivity contribution in [3.63, 3.8) is 0 Å². The van der Waals surface area contributed by atoms with Crippen LogP contribution in [-0.2, 0) is 20.7 Å². The van der Waals surface area contributed by atoms with Crippen molar-refractivity contribution in [2.24, 2.45) is 0 Å². The minimum atomic E-state index is -4.01. The van der Waals surface area contributed by atoms with Crippen LogP contribution in [0.1, 0.15) is 5.56 Å². The first-order valence-corrected chi connectivity index (χ1v) is 9.29. The van der Waals surface area contributed by atoms with Crippen molar-refractivity contribution >= 4 is 11.8 Å². The standard InChI is InChI=1S/C19H25F2N3O3/c20-19(21,18(26)24-12-14-27-15-13-24)17(25)23-10-8-22(9-11-23)7-6-16-4-2-1-3-5-16/h1-5H,6-15H2. The van der Waals surface area contributed by atoms with Gasteiger partial charge in [0.2, 0.25) is 0 Å². The van der Waals surface area contributed by atoms with Crippen molar-refractivity contribution in [3.8, 4) is 0 Å². The van der Waals surface area contributed by atoms with E-state index < -0.39 is 17.7 Å². The molecule has 2 aliphatic heterocycles. The molecule has 2 fully saturated rings. The summed E-state index contributed by atoms with van der Waals surface area (Å²) in [6.45, 7) is 2.91. The van der Waals surface area contributed by atoms with Gasteiger partial charge in [0, 0.05) is 45.8 Å². The number of amides is 2. The smallest absolute Gasteiger partial charge is 0.378 e. The van der Waals surface area contributed by atoms with Crippen LogP contribution in [0.4, 0.5) is 8.78 Å². The maximum absolute atomic E-state index is 14.4. The normalized spacial score (nSPS) is 19.2. The lowest BCUT2D eigenvalue weighted by Crippen LogP contribution is -2.59. The van der Waals surface area contributed by atoms with Gasteiger partial charge in [-0.1, -0.05) is 30.3 Å². The molecule has 2 heterocycles. The zero-order valence-corrected chi connectivity index (χ0v) is 15.3. The molecule has 2 amide bonds. The molecule has 3 rings (SSSR count). The number of morpholine rings is 1. The second-order valence-corrected chi connectivity index (χ2v) is 6.85. The van der Waals surface area contributed by atoms with E-state index in [1.54, 1.807) is 0 Å². The number of piperazine rings is 1. The predicted octanol–water partition coefficient (Wildman–Crippen LogP) is 0.867. The Morgan fingerprint density at radius 3 is 2.04 bits per heavy atom. The van der Waals surface area contributed by atoms with E-state index in [0.717, 1.165) is 22.8 Å². The lowest BCUT2D eigenvalue weighted by Gasteiger charge is -2.37. The second kappa shape index (κ2) is 8.75. The maximum atomic E-state index is 14.4. The maximum Gasteiger partial charge on any atom is 0.401 e. The molecule has 2 aliphatic rings. The van der Waals surface area contributed by atoms with E-state index in [0.29, 0.717) is 13.1 Å². The fourth-order valence-electron chi connectivity index (χ4n) is 3.36. The molecule has 1 aromatic rings. The Morgan fingerprint density at radius 2 is 1.44 bits per heavy atom. The van der Waals surface area contributed by atoms with Crippen LogP contribution in [0.3, 0.4) is 0 Å². The van der Waals surface area contributed by atoms with Crippen LogP contribution < -0.4 is 0 Å². The van der Waals surface area contributed by atoms with Crippen molar-refractivity contribution in [1.29, 1.82) is 0 Å². The number of benzene rings is 1. The highest BCUT2D eigenvalue weighted by atomic mass is 19.3. The van der Waals surface area contributed by atoms with Gasteiger partial charge in [0.05, 0.1) is 13.2 Å². The average Bonchev–Trinajstić information content (AvgIpc) is 2.73. The highest BCUT2D eigenvalue weighted by Crippen LogP contribution is 2.22. The molecule has 0 bridgehead atoms. The molecule has 2 saturated heterocycles. The summed E-state index contributed by atoms with van der Waals surface area (Å²) >= 11 is 0. The predicted molar refractivity (Wildman–Crippen MR) is 95.5 cm³/mol. The summed E-state index contributed by atoms with van der Waals surface area (Å²) in [5.74, 6) is -6.81. The summed E-state index contributed by atoms with van der Waals surface area (Å²) in [5.41, 5.74) is 1.22. The fourth-order valence-corrected chi connectivity index (χ4v) is 3.36. The Kier molecular flexibility index (Phi) is 6.38. The topological polar surface area (TPSA) is 53.1 Å². The zero-order chi connectivity index (χ0) is 19.3. The van der Waals surface area contributed by atoms with Crippen LogP contribution in [0.5, 0.6) is 0 Å². The van der Waals surface area contributed by atoms with E-state index >= 15 is 0 Å². The van der Waals surface area contributed by atoms with Crippen molar-refractivity contribution in [2.45, 2.75) is 12.3 Å². The first-order chi connectivity index (χ1) is 13.0. The van der Waals surface area contributed by atoms with Gasteiger partial charge in [0.25, 0.3) is 0 Å². The third-order valence-electron chi connectivity index (χ3n) is 5.05. The third-order valence-corrected chi connectivity index (χ3v) is 5.05. The fraction of sp³-hybridized carbons (Fsp3) is 0.579. The van der Waals surface area contributed by atoms with Crippen LogP contribution >= 0.6 is 0 Å². The van der Waals surface area contributed by atoms with E-state index in [1.165, 1.54) is 5.56 Å². The number of halogens is 2. The van der Waals surface area contributed by atoms with Gasteiger partial charge in [-0.2, -0.15) is 8.78 Å². The Labute approximate surface area is 157 Å². The molecule has 0 aliphatic carbocycles. The Balaban J connectivity index is 1.49. The molecule has 27 heavy (non-hydrogen) atoms. The Morgan fingerprint density at radius 1 is 0.889 bits per heavy atom. The third kappa shape index (κ3) is 4.81. The molecule has 1 aromatic carbocycles. The van der Waals surface area contributed by atoms with Crippen LogP contribution in [-0.4, -0.2) is 91.5 Å². The molecular weight excluding hydrogens is 356 g/mol. The molecule has 6 nitrogen and oxygen atoms in total. The van der Waals surface area contributed by atoms with E-state index in [-0.39, 0.29) is 39.4 Å². The van der Waals surface area contributed by atoms with Crippen molar-refractivity contribution in [1.82, 2.24) is 14.7 Å². The van der Waals surface area contributed by atoms with Gasteiger partial charge in [0.1, 0.15) is 0 Å². The largest absolute Gasteiger partial charge is 0.401 e. The monoisotopic (exact) mass is 381 g/mol. The van der Waals surface area contributed by atoms with Crippen LogP contribution in [0.15, 0.2) is 30.3 Å². The van der Waals surface area contributed by atoms with Crippen molar-refractivity contribution in [2.75, 3.05) is 59.0 Å². The highest BCUT2D eigenvalue weighted by Gasteiger charge is 2.52. The molecular formula is C19H25F2N3O3. The van der Waals surface area contributed by atoms with Crippen LogP contribution in [0.2, 0.25) is 0 Å². The molecule has 0 aromatic heterocycles. The van der Waals surface area contributed by atoms with Gasteiger partial charge in [-0.05, 0) is 12.0 Å². The molecule has 0 N–H and O–H groups in total. The summed E-state index contributed by atoms with van der Waals surface area (Å²) in [5, 5.41) is 0. The summed E-state index contributed by atoms with van der Waals surface area (Å²) in [4.78, 5) is 28.6. The number of carbonyl (C=O) groups excluding carboxylic acids is 2. The van der Waals surface area contributed by atoms with Crippen molar-refractivity contribution in [3.05, 3.63) is 35.9 Å². The number of rotatable bonds is 5. The Bertz CT molecular complexity index is 643. The van der Waals surface area contributed by atoms with Gasteiger partial charge >= 0.3 is 17.7 Å². The second-order valence-electron chi connectivity index (χ2n) is 6.85. The van der Waals surface area contributed by atoms with Gasteiger partial charge in [-0.3, -0.25) is 14.5 Å². The lowest BCUT2D eigenvalue weighted by atomic mass is 10.1. The Hall–Kier alpha value is -2.06. The first kappa shape index (κ1) is 19.7. The molecule has 8 heteroatoms. The van der Waals surface area contributed by atoms with E-state index in [9.17, 15) is 18.4 Å². The molecule has 0 spiro atoms. The lowest BCUT2D eigenvalue weighted by molar-refractivity contribution is -0.177. The minimum Gasteiger partial charge on any atom is -0.378 e. The quantitative estimate of drug-likeness (QED) is 0.711. The van der Waals surface area contributed by atoms with Gasteiger partial charge in [-0.15, -0.1) is 0 Å². The molecule has 0 radical (unpaired) electrons. The van der Waals surface area contributed by atoms with Gasteiger partial charge in [0.15, 0.2) is 0 Å². The average molecular weight is 381 g/mol. The van der Waals surface area contributed by atoms with E-state index in [2.05, 4.69) is 17.0 Å². The summed E-state index contributed by atoms with van der Waals surface area (Å²) < 4.78 is 33.9. The number of nitrogens with zero attached hydrogens (tertiary/aromatic N) is 3. The van der Waals surface area contributed by atoms with E-state index in [4.69, 9.17) is 4.74 Å². The number of alkyl halides is 2. The summed E-state index contributed by atoms with van der Waals surface area (Å²) in [6, 6.07) is 10.0. The number of hydrogen-bond acceptors (Lipinski definition) is 4. The first-order valence-electron chi connectivity index (χ1n) is 9.29. The number of carbonyl (C=O) groups is 2. The SMILES string of the molecule is O=C(N1CCOCC1)C(F)(F)C(=O)N1CCN(CCc2ccccc2)CC1. The number of hydrogen-bond donors (Lipinski definition) is 0. The van der Waals surface area contributed by atoms with Gasteiger partial charge < -0.3 is 14.5 Å². The zero-order valence-electron chi connectivity index (χ0n) is 15.3. The van der Waals surface area contributed by atoms with Crippen LogP contribution in [0.25, 0.3) is 0 Å².